The Morgan fingerprint density at radius 2 is 1.70 bits per heavy atom. The maximum atomic E-state index is 12.6. The van der Waals surface area contributed by atoms with E-state index in [0.717, 1.165) is 4.90 Å². The molecule has 0 atom stereocenters. The summed E-state index contributed by atoms with van der Waals surface area (Å²) in [6.45, 7) is 1.84. The molecule has 2 amide bonds. The summed E-state index contributed by atoms with van der Waals surface area (Å²) in [6.07, 6.45) is 0. The second-order valence-corrected chi connectivity index (χ2v) is 5.36. The molecule has 2 aliphatic heterocycles. The Bertz CT molecular complexity index is 710. The lowest BCUT2D eigenvalue weighted by Crippen LogP contribution is -2.40. The van der Waals surface area contributed by atoms with Crippen molar-refractivity contribution in [2.45, 2.75) is 0 Å². The third-order valence-electron chi connectivity index (χ3n) is 3.65. The zero-order valence-corrected chi connectivity index (χ0v) is 12.7. The maximum absolute atomic E-state index is 12.6. The van der Waals surface area contributed by atoms with Crippen LogP contribution in [0.3, 0.4) is 0 Å². The highest BCUT2D eigenvalue weighted by molar-refractivity contribution is 6.52. The third-order valence-corrected chi connectivity index (χ3v) is 3.99. The number of benzene rings is 1. The molecule has 23 heavy (non-hydrogen) atoms. The Morgan fingerprint density at radius 1 is 1.09 bits per heavy atom. The van der Waals surface area contributed by atoms with Crippen LogP contribution in [-0.4, -0.2) is 47.9 Å². The van der Waals surface area contributed by atoms with Crippen molar-refractivity contribution in [2.75, 3.05) is 31.2 Å². The van der Waals surface area contributed by atoms with Gasteiger partial charge >= 0.3 is 0 Å². The van der Waals surface area contributed by atoms with E-state index >= 15 is 0 Å². The molecule has 2 aliphatic rings. The Balaban J connectivity index is 1.89. The van der Waals surface area contributed by atoms with E-state index < -0.39 is 16.7 Å². The third kappa shape index (κ3) is 2.66. The van der Waals surface area contributed by atoms with Gasteiger partial charge in [-0.05, 0) is 12.1 Å². The van der Waals surface area contributed by atoms with Crippen LogP contribution in [0.4, 0.5) is 11.4 Å². The minimum Gasteiger partial charge on any atom is -0.378 e. The van der Waals surface area contributed by atoms with Crippen molar-refractivity contribution in [1.82, 2.24) is 4.90 Å². The molecule has 0 aromatic heterocycles. The lowest BCUT2D eigenvalue weighted by Gasteiger charge is -2.29. The summed E-state index contributed by atoms with van der Waals surface area (Å²) >= 11 is 6.06. The molecule has 0 aliphatic carbocycles. The van der Waals surface area contributed by atoms with E-state index in [1.165, 1.54) is 24.3 Å². The monoisotopic (exact) mass is 337 g/mol. The van der Waals surface area contributed by atoms with Crippen molar-refractivity contribution in [3.63, 3.8) is 0 Å². The number of nitrogens with zero attached hydrogens (tertiary/aromatic N) is 3. The second-order valence-electron chi connectivity index (χ2n) is 4.98. The van der Waals surface area contributed by atoms with Gasteiger partial charge in [-0.3, -0.25) is 19.7 Å². The molecule has 0 spiro atoms. The molecule has 1 fully saturated rings. The van der Waals surface area contributed by atoms with Gasteiger partial charge in [0.2, 0.25) is 0 Å². The smallest absolute Gasteiger partial charge is 0.283 e. The molecule has 120 valence electrons. The summed E-state index contributed by atoms with van der Waals surface area (Å²) in [6, 6.07) is 5.16. The number of nitro groups is 1. The second kappa shape index (κ2) is 5.98. The van der Waals surface area contributed by atoms with Crippen LogP contribution in [0.1, 0.15) is 0 Å². The number of rotatable bonds is 3. The molecule has 2 heterocycles. The van der Waals surface area contributed by atoms with E-state index in [1.807, 2.05) is 0 Å². The summed E-state index contributed by atoms with van der Waals surface area (Å²) in [5.74, 6) is -1.16. The first-order chi connectivity index (χ1) is 11.0. The molecular weight excluding hydrogens is 326 g/mol. The number of hydrogen-bond acceptors (Lipinski definition) is 6. The SMILES string of the molecule is O=C1C(Cl)=C(N2CCOCC2)C(=O)N1c1ccc([N+](=O)[O-])cc1. The van der Waals surface area contributed by atoms with E-state index in [-0.39, 0.29) is 22.1 Å². The maximum Gasteiger partial charge on any atom is 0.283 e. The molecule has 3 rings (SSSR count). The molecule has 0 radical (unpaired) electrons. The van der Waals surface area contributed by atoms with Crippen molar-refractivity contribution in [1.29, 1.82) is 0 Å². The fraction of sp³-hybridized carbons (Fsp3) is 0.286. The van der Waals surface area contributed by atoms with Crippen LogP contribution in [0, 0.1) is 10.1 Å². The van der Waals surface area contributed by atoms with Gasteiger partial charge in [-0.2, -0.15) is 0 Å². The Kier molecular flexibility index (Phi) is 4.01. The molecule has 0 saturated carbocycles. The summed E-state index contributed by atoms with van der Waals surface area (Å²) < 4.78 is 5.22. The number of morpholine rings is 1. The molecule has 1 saturated heterocycles. The molecule has 9 heteroatoms. The van der Waals surface area contributed by atoms with Gasteiger partial charge in [-0.15, -0.1) is 0 Å². The molecule has 0 bridgehead atoms. The van der Waals surface area contributed by atoms with Crippen molar-refractivity contribution >= 4 is 34.8 Å². The summed E-state index contributed by atoms with van der Waals surface area (Å²) in [7, 11) is 0. The van der Waals surface area contributed by atoms with Crippen LogP contribution in [-0.2, 0) is 14.3 Å². The highest BCUT2D eigenvalue weighted by Crippen LogP contribution is 2.32. The molecule has 0 N–H and O–H groups in total. The van der Waals surface area contributed by atoms with Gasteiger partial charge in [0, 0.05) is 25.2 Å². The van der Waals surface area contributed by atoms with Gasteiger partial charge < -0.3 is 9.64 Å². The number of amides is 2. The molecular formula is C14H12ClN3O5. The Labute approximate surface area is 136 Å². The average molecular weight is 338 g/mol. The van der Waals surface area contributed by atoms with Crippen LogP contribution in [0.15, 0.2) is 35.0 Å². The first kappa shape index (κ1) is 15.4. The van der Waals surface area contributed by atoms with E-state index in [1.54, 1.807) is 4.90 Å². The van der Waals surface area contributed by atoms with E-state index in [0.29, 0.717) is 26.3 Å². The fourth-order valence-corrected chi connectivity index (χ4v) is 2.80. The molecule has 1 aromatic rings. The highest BCUT2D eigenvalue weighted by atomic mass is 35.5. The zero-order chi connectivity index (χ0) is 16.6. The van der Waals surface area contributed by atoms with Crippen LogP contribution >= 0.6 is 11.6 Å². The zero-order valence-electron chi connectivity index (χ0n) is 11.9. The number of nitro benzene ring substituents is 1. The number of ether oxygens (including phenoxy) is 1. The molecule has 8 nitrogen and oxygen atoms in total. The fourth-order valence-electron chi connectivity index (χ4n) is 2.51. The summed E-state index contributed by atoms with van der Waals surface area (Å²) in [4.78, 5) is 37.7. The first-order valence-electron chi connectivity index (χ1n) is 6.86. The summed E-state index contributed by atoms with van der Waals surface area (Å²) in [5.41, 5.74) is 0.269. The molecule has 0 unspecified atom stereocenters. The van der Waals surface area contributed by atoms with Gasteiger partial charge in [0.05, 0.1) is 23.8 Å². The van der Waals surface area contributed by atoms with Crippen molar-refractivity contribution in [2.24, 2.45) is 0 Å². The first-order valence-corrected chi connectivity index (χ1v) is 7.24. The number of hydrogen-bond donors (Lipinski definition) is 0. The van der Waals surface area contributed by atoms with Crippen LogP contribution in [0.25, 0.3) is 0 Å². The minimum atomic E-state index is -0.632. The number of anilines is 1. The number of carbonyl (C=O) groups excluding carboxylic acids is 2. The quantitative estimate of drug-likeness (QED) is 0.468. The minimum absolute atomic E-state index is 0.125. The Morgan fingerprint density at radius 3 is 2.26 bits per heavy atom. The van der Waals surface area contributed by atoms with Crippen molar-refractivity contribution < 1.29 is 19.2 Å². The topological polar surface area (TPSA) is 93.0 Å². The van der Waals surface area contributed by atoms with Crippen LogP contribution < -0.4 is 4.90 Å². The molecule has 1 aromatic carbocycles. The highest BCUT2D eigenvalue weighted by Gasteiger charge is 2.41. The number of imide groups is 1. The van der Waals surface area contributed by atoms with Crippen LogP contribution in [0.5, 0.6) is 0 Å². The average Bonchev–Trinajstić information content (AvgIpc) is 2.78. The van der Waals surface area contributed by atoms with Gasteiger partial charge in [0.15, 0.2) is 0 Å². The van der Waals surface area contributed by atoms with Crippen LogP contribution in [0.2, 0.25) is 0 Å². The standard InChI is InChI=1S/C14H12ClN3O5/c15-11-12(16-5-7-23-8-6-16)14(20)17(13(11)19)9-1-3-10(4-2-9)18(21)22/h1-4H,5-8H2. The van der Waals surface area contributed by atoms with Gasteiger partial charge in [0.1, 0.15) is 10.7 Å². The predicted octanol–water partition coefficient (Wildman–Crippen LogP) is 1.25. The predicted molar refractivity (Wildman–Crippen MR) is 80.9 cm³/mol. The van der Waals surface area contributed by atoms with Crippen molar-refractivity contribution in [3.8, 4) is 0 Å². The summed E-state index contributed by atoms with van der Waals surface area (Å²) in [5, 5.41) is 10.5. The number of non-ortho nitro benzene ring substituents is 1. The lowest BCUT2D eigenvalue weighted by molar-refractivity contribution is -0.384. The number of halogens is 1. The van der Waals surface area contributed by atoms with E-state index in [4.69, 9.17) is 16.3 Å². The largest absolute Gasteiger partial charge is 0.378 e. The van der Waals surface area contributed by atoms with Gasteiger partial charge in [-0.1, -0.05) is 11.6 Å². The normalized spacial score (nSPS) is 18.8. The number of carbonyl (C=O) groups is 2. The van der Waals surface area contributed by atoms with Gasteiger partial charge in [0.25, 0.3) is 17.5 Å². The van der Waals surface area contributed by atoms with Crippen molar-refractivity contribution in [3.05, 3.63) is 45.1 Å². The van der Waals surface area contributed by atoms with Gasteiger partial charge in [-0.25, -0.2) is 4.90 Å². The Hall–Kier alpha value is -2.45. The van der Waals surface area contributed by atoms with E-state index in [2.05, 4.69) is 0 Å². The lowest BCUT2D eigenvalue weighted by atomic mass is 10.2. The van der Waals surface area contributed by atoms with E-state index in [9.17, 15) is 19.7 Å².